The predicted molar refractivity (Wildman–Crippen MR) is 31.2 cm³/mol. The third kappa shape index (κ3) is 4.85. The molecule has 3 N–H and O–H groups in total. The highest BCUT2D eigenvalue weighted by molar-refractivity contribution is 5.70. The van der Waals surface area contributed by atoms with E-state index in [9.17, 15) is 9.59 Å². The average molecular weight is 148 g/mol. The number of amides is 1. The summed E-state index contributed by atoms with van der Waals surface area (Å²) >= 11 is 0. The largest absolute Gasteiger partial charge is 0.480 e. The molecule has 0 aliphatic carbocycles. The number of methoxy groups -OCH3 is 1. The summed E-state index contributed by atoms with van der Waals surface area (Å²) < 4.78 is 4.13. The first-order chi connectivity index (χ1) is 4.66. The maximum Gasteiger partial charge on any atom is 0.421 e. The highest BCUT2D eigenvalue weighted by Gasteiger charge is 1.97. The molecule has 0 aromatic rings. The van der Waals surface area contributed by atoms with E-state index in [2.05, 4.69) is 10.2 Å². The quantitative estimate of drug-likeness (QED) is 0.443. The number of hydrogen-bond donors (Lipinski definition) is 3. The van der Waals surface area contributed by atoms with E-state index in [4.69, 9.17) is 5.11 Å². The highest BCUT2D eigenvalue weighted by Crippen LogP contribution is 1.65. The summed E-state index contributed by atoms with van der Waals surface area (Å²) in [4.78, 5) is 20.0. The maximum absolute atomic E-state index is 10.2. The van der Waals surface area contributed by atoms with Crippen LogP contribution >= 0.6 is 0 Å². The first-order valence-corrected chi connectivity index (χ1v) is 2.45. The summed E-state index contributed by atoms with van der Waals surface area (Å²) in [5.41, 5.74) is 4.08. The normalized spacial score (nSPS) is 8.50. The summed E-state index contributed by atoms with van der Waals surface area (Å²) in [7, 11) is 1.18. The molecule has 0 rings (SSSR count). The van der Waals surface area contributed by atoms with E-state index in [1.54, 1.807) is 0 Å². The van der Waals surface area contributed by atoms with Gasteiger partial charge < -0.3 is 9.84 Å². The van der Waals surface area contributed by atoms with Crippen LogP contribution in [0.2, 0.25) is 0 Å². The van der Waals surface area contributed by atoms with E-state index in [0.717, 1.165) is 0 Å². The number of aliphatic carboxylic acids is 1. The molecule has 0 heterocycles. The monoisotopic (exact) mass is 148 g/mol. The first-order valence-electron chi connectivity index (χ1n) is 2.45. The zero-order valence-electron chi connectivity index (χ0n) is 5.38. The van der Waals surface area contributed by atoms with Gasteiger partial charge in [0.2, 0.25) is 0 Å². The molecule has 0 aromatic heterocycles. The summed E-state index contributed by atoms with van der Waals surface area (Å²) in [5, 5.41) is 8.04. The molecule has 0 aliphatic heterocycles. The molecule has 0 aromatic carbocycles. The minimum atomic E-state index is -1.06. The van der Waals surface area contributed by atoms with Crippen molar-refractivity contribution >= 4 is 12.1 Å². The van der Waals surface area contributed by atoms with Crippen molar-refractivity contribution in [3.8, 4) is 0 Å². The second kappa shape index (κ2) is 4.57. The SMILES string of the molecule is COC(=O)NNCC(=O)O. The second-order valence-corrected chi connectivity index (χ2v) is 1.36. The van der Waals surface area contributed by atoms with Gasteiger partial charge in [0.15, 0.2) is 0 Å². The number of carboxylic acid groups (broad SMARTS) is 1. The smallest absolute Gasteiger partial charge is 0.421 e. The van der Waals surface area contributed by atoms with Gasteiger partial charge in [-0.3, -0.25) is 10.2 Å². The number of carbonyl (C=O) groups is 2. The van der Waals surface area contributed by atoms with E-state index < -0.39 is 12.1 Å². The van der Waals surface area contributed by atoms with Crippen molar-refractivity contribution in [2.75, 3.05) is 13.7 Å². The predicted octanol–water partition coefficient (Wildman–Crippen LogP) is -1.07. The topological polar surface area (TPSA) is 87.7 Å². The van der Waals surface area contributed by atoms with Crippen molar-refractivity contribution in [2.45, 2.75) is 0 Å². The molecular weight excluding hydrogens is 140 g/mol. The molecule has 0 saturated heterocycles. The lowest BCUT2D eigenvalue weighted by Crippen LogP contribution is -2.40. The van der Waals surface area contributed by atoms with Crippen molar-refractivity contribution < 1.29 is 19.4 Å². The second-order valence-electron chi connectivity index (χ2n) is 1.36. The van der Waals surface area contributed by atoms with Crippen LogP contribution in [0.25, 0.3) is 0 Å². The van der Waals surface area contributed by atoms with Gasteiger partial charge in [0, 0.05) is 0 Å². The van der Waals surface area contributed by atoms with Crippen molar-refractivity contribution in [1.82, 2.24) is 10.9 Å². The van der Waals surface area contributed by atoms with E-state index in [0.29, 0.717) is 0 Å². The zero-order chi connectivity index (χ0) is 7.98. The molecule has 0 atom stereocenters. The van der Waals surface area contributed by atoms with Crippen molar-refractivity contribution in [1.29, 1.82) is 0 Å². The molecule has 6 heteroatoms. The molecule has 1 amide bonds. The molecule has 6 nitrogen and oxygen atoms in total. The van der Waals surface area contributed by atoms with Crippen LogP contribution in [0, 0.1) is 0 Å². The minimum Gasteiger partial charge on any atom is -0.480 e. The molecule has 0 saturated carbocycles. The molecule has 10 heavy (non-hydrogen) atoms. The number of hydrogen-bond acceptors (Lipinski definition) is 4. The molecule has 0 unspecified atom stereocenters. The Morgan fingerprint density at radius 1 is 1.60 bits per heavy atom. The van der Waals surface area contributed by atoms with Gasteiger partial charge in [-0.05, 0) is 0 Å². The molecule has 0 aliphatic rings. The van der Waals surface area contributed by atoms with E-state index >= 15 is 0 Å². The van der Waals surface area contributed by atoms with Crippen LogP contribution in [0.1, 0.15) is 0 Å². The molecule has 0 radical (unpaired) electrons. The molecule has 0 spiro atoms. The van der Waals surface area contributed by atoms with Crippen LogP contribution in [0.3, 0.4) is 0 Å². The molecule has 0 fully saturated rings. The number of ether oxygens (including phenoxy) is 1. The van der Waals surface area contributed by atoms with Crippen LogP contribution in [-0.2, 0) is 9.53 Å². The lowest BCUT2D eigenvalue weighted by molar-refractivity contribution is -0.136. The zero-order valence-corrected chi connectivity index (χ0v) is 5.38. The Morgan fingerprint density at radius 3 is 2.60 bits per heavy atom. The highest BCUT2D eigenvalue weighted by atomic mass is 16.5. The number of rotatable bonds is 3. The number of nitrogens with one attached hydrogen (secondary N) is 2. The van der Waals surface area contributed by atoms with Crippen LogP contribution in [0.5, 0.6) is 0 Å². The summed E-state index contributed by atoms with van der Waals surface area (Å²) in [6.45, 7) is -0.338. The average Bonchev–Trinajstić information content (AvgIpc) is 1.87. The van der Waals surface area contributed by atoms with E-state index in [1.165, 1.54) is 7.11 Å². The Kier molecular flexibility index (Phi) is 3.97. The fourth-order valence-corrected chi connectivity index (χ4v) is 0.243. The van der Waals surface area contributed by atoms with Gasteiger partial charge in [-0.1, -0.05) is 0 Å². The maximum atomic E-state index is 10.2. The van der Waals surface area contributed by atoms with Crippen LogP contribution in [0.4, 0.5) is 4.79 Å². The van der Waals surface area contributed by atoms with Gasteiger partial charge >= 0.3 is 12.1 Å². The van der Waals surface area contributed by atoms with Crippen LogP contribution in [0.15, 0.2) is 0 Å². The van der Waals surface area contributed by atoms with Crippen LogP contribution < -0.4 is 10.9 Å². The lowest BCUT2D eigenvalue weighted by atomic mass is 10.7. The Bertz CT molecular complexity index is 135. The van der Waals surface area contributed by atoms with Gasteiger partial charge in [0.05, 0.1) is 7.11 Å². The van der Waals surface area contributed by atoms with Gasteiger partial charge in [-0.2, -0.15) is 0 Å². The Morgan fingerprint density at radius 2 is 2.20 bits per heavy atom. The number of carbonyl (C=O) groups excluding carboxylic acids is 1. The molecule has 0 bridgehead atoms. The minimum absolute atomic E-state index is 0.338. The Hall–Kier alpha value is -1.30. The first kappa shape index (κ1) is 8.70. The summed E-state index contributed by atoms with van der Waals surface area (Å²) in [5.74, 6) is -1.06. The van der Waals surface area contributed by atoms with Gasteiger partial charge in [0.1, 0.15) is 6.54 Å². The van der Waals surface area contributed by atoms with Crippen molar-refractivity contribution in [2.24, 2.45) is 0 Å². The standard InChI is InChI=1S/C4H8N2O4/c1-10-4(9)6-5-2-3(7)8/h5H,2H2,1H3,(H,6,9)(H,7,8). The Balaban J connectivity index is 3.20. The van der Waals surface area contributed by atoms with Crippen molar-refractivity contribution in [3.63, 3.8) is 0 Å². The third-order valence-corrected chi connectivity index (χ3v) is 0.615. The van der Waals surface area contributed by atoms with Crippen LogP contribution in [-0.4, -0.2) is 30.8 Å². The van der Waals surface area contributed by atoms with Crippen molar-refractivity contribution in [3.05, 3.63) is 0 Å². The van der Waals surface area contributed by atoms with E-state index in [-0.39, 0.29) is 6.54 Å². The van der Waals surface area contributed by atoms with Gasteiger partial charge in [-0.25, -0.2) is 10.2 Å². The summed E-state index contributed by atoms with van der Waals surface area (Å²) in [6.07, 6.45) is -0.721. The lowest BCUT2D eigenvalue weighted by Gasteiger charge is -2.01. The fraction of sp³-hybridized carbons (Fsp3) is 0.500. The Labute approximate surface area is 57.1 Å². The van der Waals surface area contributed by atoms with Gasteiger partial charge in [-0.15, -0.1) is 0 Å². The number of hydrazine groups is 1. The molecular formula is C4H8N2O4. The number of carboxylic acids is 1. The fourth-order valence-electron chi connectivity index (χ4n) is 0.243. The van der Waals surface area contributed by atoms with E-state index in [1.807, 2.05) is 5.43 Å². The summed E-state index contributed by atoms with van der Waals surface area (Å²) in [6, 6.07) is 0. The third-order valence-electron chi connectivity index (χ3n) is 0.615. The molecule has 58 valence electrons. The van der Waals surface area contributed by atoms with Gasteiger partial charge in [0.25, 0.3) is 0 Å².